The zero-order valence-corrected chi connectivity index (χ0v) is 10.5. The van der Waals surface area contributed by atoms with Crippen molar-refractivity contribution in [1.29, 1.82) is 0 Å². The van der Waals surface area contributed by atoms with Gasteiger partial charge in [0, 0.05) is 12.5 Å². The Morgan fingerprint density at radius 2 is 2.24 bits per heavy atom. The molecule has 1 amide bonds. The Morgan fingerprint density at radius 3 is 3.00 bits per heavy atom. The van der Waals surface area contributed by atoms with Crippen LogP contribution in [0.15, 0.2) is 0 Å². The number of hydrogen-bond acceptors (Lipinski definition) is 3. The van der Waals surface area contributed by atoms with Crippen LogP contribution >= 0.6 is 0 Å². The first-order chi connectivity index (χ1) is 8.24. The van der Waals surface area contributed by atoms with E-state index in [2.05, 4.69) is 6.92 Å². The molecule has 0 aromatic heterocycles. The molecule has 96 valence electrons. The molecule has 0 aliphatic carbocycles. The molecule has 2 atom stereocenters. The number of Topliss-reactive ketones (excluding diaryl/α,β-unsaturated/α-hetero) is 1. The van der Waals surface area contributed by atoms with Crippen molar-refractivity contribution in [1.82, 2.24) is 4.90 Å². The molecule has 0 aromatic rings. The molecular formula is C13H21NO3. The number of ether oxygens (including phenoxy) is 1. The predicted octanol–water partition coefficient (Wildman–Crippen LogP) is 2.51. The van der Waals surface area contributed by atoms with Crippen LogP contribution in [0.4, 0.5) is 4.79 Å². The summed E-state index contributed by atoms with van der Waals surface area (Å²) in [5.41, 5.74) is 0. The number of carbonyl (C=O) groups excluding carboxylic acids is 2. The van der Waals surface area contributed by atoms with E-state index in [4.69, 9.17) is 4.74 Å². The van der Waals surface area contributed by atoms with E-state index in [9.17, 15) is 9.59 Å². The van der Waals surface area contributed by atoms with E-state index in [0.29, 0.717) is 13.0 Å². The Balaban J connectivity index is 1.97. The van der Waals surface area contributed by atoms with Crippen molar-refractivity contribution in [3.63, 3.8) is 0 Å². The topological polar surface area (TPSA) is 46.6 Å². The van der Waals surface area contributed by atoms with Crippen LogP contribution in [0.5, 0.6) is 0 Å². The van der Waals surface area contributed by atoms with Crippen LogP contribution in [0.1, 0.15) is 51.9 Å². The lowest BCUT2D eigenvalue weighted by Crippen LogP contribution is -2.56. The number of nitrogens with zero attached hydrogens (tertiary/aromatic N) is 1. The van der Waals surface area contributed by atoms with Crippen LogP contribution in [0.3, 0.4) is 0 Å². The van der Waals surface area contributed by atoms with E-state index in [-0.39, 0.29) is 24.0 Å². The number of unbranched alkanes of at least 4 members (excludes halogenated alkanes) is 1. The number of rotatable bonds is 3. The number of amides is 1. The van der Waals surface area contributed by atoms with Crippen LogP contribution in [-0.2, 0) is 9.53 Å². The van der Waals surface area contributed by atoms with Gasteiger partial charge in [0.05, 0.1) is 12.6 Å². The van der Waals surface area contributed by atoms with Gasteiger partial charge >= 0.3 is 6.09 Å². The summed E-state index contributed by atoms with van der Waals surface area (Å²) in [5, 5.41) is 0. The molecule has 4 heteroatoms. The highest BCUT2D eigenvalue weighted by Crippen LogP contribution is 2.32. The first-order valence-corrected chi connectivity index (χ1v) is 6.72. The third kappa shape index (κ3) is 2.61. The maximum Gasteiger partial charge on any atom is 0.410 e. The SMILES string of the molecule is CCCCOC(=O)N1C2CCCC1C(=O)CC2. The van der Waals surface area contributed by atoms with Gasteiger partial charge in [-0.1, -0.05) is 13.3 Å². The summed E-state index contributed by atoms with van der Waals surface area (Å²) in [5.74, 6) is 0.216. The zero-order valence-electron chi connectivity index (χ0n) is 10.5. The zero-order chi connectivity index (χ0) is 12.3. The largest absolute Gasteiger partial charge is 0.449 e. The van der Waals surface area contributed by atoms with Crippen molar-refractivity contribution in [3.8, 4) is 0 Å². The first-order valence-electron chi connectivity index (χ1n) is 6.72. The standard InChI is InChI=1S/C13H21NO3/c1-2-3-9-17-13(16)14-10-5-4-6-11(14)12(15)8-7-10/h10-11H,2-9H2,1H3. The molecule has 2 heterocycles. The lowest BCUT2D eigenvalue weighted by molar-refractivity contribution is -0.130. The van der Waals surface area contributed by atoms with Gasteiger partial charge in [0.2, 0.25) is 0 Å². The smallest absolute Gasteiger partial charge is 0.410 e. The van der Waals surface area contributed by atoms with E-state index in [1.54, 1.807) is 4.90 Å². The molecule has 2 bridgehead atoms. The van der Waals surface area contributed by atoms with Crippen LogP contribution < -0.4 is 0 Å². The molecular weight excluding hydrogens is 218 g/mol. The summed E-state index contributed by atoms with van der Waals surface area (Å²) in [6, 6.07) is 0.0391. The van der Waals surface area contributed by atoms with E-state index >= 15 is 0 Å². The Bertz CT molecular complexity index is 303. The van der Waals surface area contributed by atoms with E-state index in [1.165, 1.54) is 0 Å². The lowest BCUT2D eigenvalue weighted by atomic mass is 9.84. The van der Waals surface area contributed by atoms with Gasteiger partial charge in [-0.3, -0.25) is 9.69 Å². The minimum absolute atomic E-state index is 0.198. The summed E-state index contributed by atoms with van der Waals surface area (Å²) in [7, 11) is 0. The quantitative estimate of drug-likeness (QED) is 0.711. The number of piperidine rings is 2. The predicted molar refractivity (Wildman–Crippen MR) is 63.8 cm³/mol. The third-order valence-electron chi connectivity index (χ3n) is 3.77. The Hall–Kier alpha value is -1.06. The second kappa shape index (κ2) is 5.52. The van der Waals surface area contributed by atoms with Crippen LogP contribution in [0.2, 0.25) is 0 Å². The van der Waals surface area contributed by atoms with Gasteiger partial charge in [0.25, 0.3) is 0 Å². The fourth-order valence-electron chi connectivity index (χ4n) is 2.81. The normalized spacial score (nSPS) is 28.1. The Kier molecular flexibility index (Phi) is 4.02. The lowest BCUT2D eigenvalue weighted by Gasteiger charge is -2.44. The molecule has 0 saturated carbocycles. The second-order valence-electron chi connectivity index (χ2n) is 4.98. The molecule has 0 N–H and O–H groups in total. The summed E-state index contributed by atoms with van der Waals surface area (Å²) in [6.45, 7) is 2.53. The van der Waals surface area contributed by atoms with Crippen molar-refractivity contribution in [3.05, 3.63) is 0 Å². The Morgan fingerprint density at radius 1 is 1.41 bits per heavy atom. The van der Waals surface area contributed by atoms with Crippen LogP contribution in [0, 0.1) is 0 Å². The van der Waals surface area contributed by atoms with E-state index in [0.717, 1.165) is 38.5 Å². The van der Waals surface area contributed by atoms with Crippen molar-refractivity contribution >= 4 is 11.9 Å². The number of carbonyl (C=O) groups is 2. The number of fused-ring (bicyclic) bond motifs is 2. The molecule has 2 fully saturated rings. The summed E-state index contributed by atoms with van der Waals surface area (Å²) in [4.78, 5) is 25.5. The highest BCUT2D eigenvalue weighted by molar-refractivity contribution is 5.89. The van der Waals surface area contributed by atoms with Gasteiger partial charge in [-0.05, 0) is 32.1 Å². The average molecular weight is 239 g/mol. The molecule has 17 heavy (non-hydrogen) atoms. The van der Waals surface area contributed by atoms with Crippen molar-refractivity contribution in [2.75, 3.05) is 6.61 Å². The molecule has 2 saturated heterocycles. The maximum absolute atomic E-state index is 12.0. The fraction of sp³-hybridized carbons (Fsp3) is 0.846. The molecule has 0 radical (unpaired) electrons. The molecule has 0 spiro atoms. The third-order valence-corrected chi connectivity index (χ3v) is 3.77. The van der Waals surface area contributed by atoms with E-state index in [1.807, 2.05) is 0 Å². The van der Waals surface area contributed by atoms with Crippen LogP contribution in [-0.4, -0.2) is 35.5 Å². The highest BCUT2D eigenvalue weighted by atomic mass is 16.6. The van der Waals surface area contributed by atoms with Gasteiger partial charge in [0.1, 0.15) is 0 Å². The van der Waals surface area contributed by atoms with Crippen molar-refractivity contribution in [2.45, 2.75) is 64.0 Å². The van der Waals surface area contributed by atoms with Crippen LogP contribution in [0.25, 0.3) is 0 Å². The first kappa shape index (κ1) is 12.4. The molecule has 2 aliphatic rings. The molecule has 2 unspecified atom stereocenters. The average Bonchev–Trinajstić information content (AvgIpc) is 2.34. The molecule has 2 rings (SSSR count). The van der Waals surface area contributed by atoms with Crippen molar-refractivity contribution in [2.24, 2.45) is 0 Å². The molecule has 2 aliphatic heterocycles. The summed E-state index contributed by atoms with van der Waals surface area (Å²) >= 11 is 0. The van der Waals surface area contributed by atoms with Gasteiger partial charge in [-0.15, -0.1) is 0 Å². The second-order valence-corrected chi connectivity index (χ2v) is 4.98. The highest BCUT2D eigenvalue weighted by Gasteiger charge is 2.42. The monoisotopic (exact) mass is 239 g/mol. The minimum atomic E-state index is -0.277. The van der Waals surface area contributed by atoms with E-state index < -0.39 is 0 Å². The number of hydrogen-bond donors (Lipinski definition) is 0. The van der Waals surface area contributed by atoms with Gasteiger partial charge in [-0.2, -0.15) is 0 Å². The Labute approximate surface area is 102 Å². The summed E-state index contributed by atoms with van der Waals surface area (Å²) < 4.78 is 5.24. The van der Waals surface area contributed by atoms with Gasteiger partial charge in [0.15, 0.2) is 5.78 Å². The maximum atomic E-state index is 12.0. The number of ketones is 1. The molecule has 4 nitrogen and oxygen atoms in total. The fourth-order valence-corrected chi connectivity index (χ4v) is 2.81. The minimum Gasteiger partial charge on any atom is -0.449 e. The van der Waals surface area contributed by atoms with Crippen molar-refractivity contribution < 1.29 is 14.3 Å². The summed E-state index contributed by atoms with van der Waals surface area (Å²) in [6.07, 6.45) is 5.97. The van der Waals surface area contributed by atoms with Gasteiger partial charge < -0.3 is 4.74 Å². The molecule has 0 aromatic carbocycles. The van der Waals surface area contributed by atoms with Gasteiger partial charge in [-0.25, -0.2) is 4.79 Å².